The van der Waals surface area contributed by atoms with Gasteiger partial charge in [0.1, 0.15) is 5.75 Å². The monoisotopic (exact) mass is 334 g/mol. The highest BCUT2D eigenvalue weighted by atomic mass is 19.4. The van der Waals surface area contributed by atoms with E-state index in [2.05, 4.69) is 11.7 Å². The van der Waals surface area contributed by atoms with Crippen LogP contribution in [0.15, 0.2) is 18.2 Å². The van der Waals surface area contributed by atoms with Crippen LogP contribution < -0.4 is 9.47 Å². The Morgan fingerprint density at radius 2 is 1.74 bits per heavy atom. The van der Waals surface area contributed by atoms with Crippen LogP contribution in [0.25, 0.3) is 0 Å². The van der Waals surface area contributed by atoms with Crippen LogP contribution in [-0.4, -0.2) is 13.0 Å². The molecule has 1 fully saturated rings. The Morgan fingerprint density at radius 1 is 1.09 bits per heavy atom. The van der Waals surface area contributed by atoms with Crippen LogP contribution >= 0.6 is 0 Å². The van der Waals surface area contributed by atoms with Gasteiger partial charge in [0.25, 0.3) is 0 Å². The van der Waals surface area contributed by atoms with Gasteiger partial charge in [-0.15, -0.1) is 13.2 Å². The molecule has 2 rings (SSSR count). The zero-order valence-electron chi connectivity index (χ0n) is 13.2. The van der Waals surface area contributed by atoms with Crippen LogP contribution in [0, 0.1) is 17.7 Å². The van der Waals surface area contributed by atoms with E-state index in [1.54, 1.807) is 0 Å². The van der Waals surface area contributed by atoms with E-state index in [0.29, 0.717) is 12.5 Å². The summed E-state index contributed by atoms with van der Waals surface area (Å²) >= 11 is 0. The molecular weight excluding hydrogens is 312 g/mol. The van der Waals surface area contributed by atoms with E-state index in [9.17, 15) is 17.6 Å². The molecule has 0 atom stereocenters. The number of alkyl halides is 3. The van der Waals surface area contributed by atoms with E-state index in [4.69, 9.17) is 4.74 Å². The van der Waals surface area contributed by atoms with Gasteiger partial charge in [-0.2, -0.15) is 0 Å². The molecule has 23 heavy (non-hydrogen) atoms. The van der Waals surface area contributed by atoms with Crippen molar-refractivity contribution < 1.29 is 27.0 Å². The Labute approximate surface area is 133 Å². The van der Waals surface area contributed by atoms with Gasteiger partial charge in [-0.25, -0.2) is 4.39 Å². The first kappa shape index (κ1) is 17.9. The third-order valence-corrected chi connectivity index (χ3v) is 4.28. The van der Waals surface area contributed by atoms with Crippen molar-refractivity contribution in [1.82, 2.24) is 0 Å². The lowest BCUT2D eigenvalue weighted by molar-refractivity contribution is -0.275. The third kappa shape index (κ3) is 5.92. The zero-order valence-corrected chi connectivity index (χ0v) is 13.2. The van der Waals surface area contributed by atoms with Gasteiger partial charge >= 0.3 is 6.36 Å². The Kier molecular flexibility index (Phi) is 6.13. The molecule has 0 amide bonds. The maximum absolute atomic E-state index is 13.6. The maximum Gasteiger partial charge on any atom is 0.573 e. The summed E-state index contributed by atoms with van der Waals surface area (Å²) in [6.45, 7) is 2.66. The molecule has 0 spiro atoms. The number of hydrogen-bond acceptors (Lipinski definition) is 2. The Morgan fingerprint density at radius 3 is 2.30 bits per heavy atom. The van der Waals surface area contributed by atoms with E-state index in [1.807, 2.05) is 0 Å². The molecule has 0 radical (unpaired) electrons. The largest absolute Gasteiger partial charge is 0.573 e. The molecule has 0 unspecified atom stereocenters. The normalized spacial score (nSPS) is 22.0. The predicted molar refractivity (Wildman–Crippen MR) is 78.9 cm³/mol. The van der Waals surface area contributed by atoms with E-state index in [1.165, 1.54) is 31.7 Å². The summed E-state index contributed by atoms with van der Waals surface area (Å²) in [7, 11) is 0. The average Bonchev–Trinajstić information content (AvgIpc) is 2.48. The first-order valence-corrected chi connectivity index (χ1v) is 8.05. The van der Waals surface area contributed by atoms with Crippen LogP contribution in [0.1, 0.15) is 45.4 Å². The van der Waals surface area contributed by atoms with E-state index >= 15 is 0 Å². The van der Waals surface area contributed by atoms with Gasteiger partial charge in [0.15, 0.2) is 11.6 Å². The number of ether oxygens (including phenoxy) is 2. The second kappa shape index (κ2) is 7.88. The topological polar surface area (TPSA) is 18.5 Å². The zero-order chi connectivity index (χ0) is 16.9. The highest BCUT2D eigenvalue weighted by Gasteiger charge is 2.32. The van der Waals surface area contributed by atoms with Crippen LogP contribution in [0.3, 0.4) is 0 Å². The molecule has 2 nitrogen and oxygen atoms in total. The molecule has 0 bridgehead atoms. The van der Waals surface area contributed by atoms with Gasteiger partial charge in [-0.05, 0) is 36.8 Å². The highest BCUT2D eigenvalue weighted by Crippen LogP contribution is 2.33. The Bertz CT molecular complexity index is 494. The summed E-state index contributed by atoms with van der Waals surface area (Å²) in [4.78, 5) is 0. The van der Waals surface area contributed by atoms with Gasteiger partial charge in [-0.3, -0.25) is 0 Å². The van der Waals surface area contributed by atoms with Gasteiger partial charge in [0.05, 0.1) is 6.61 Å². The summed E-state index contributed by atoms with van der Waals surface area (Å²) in [5, 5.41) is 0. The first-order valence-electron chi connectivity index (χ1n) is 8.05. The average molecular weight is 334 g/mol. The third-order valence-electron chi connectivity index (χ3n) is 4.28. The van der Waals surface area contributed by atoms with Gasteiger partial charge in [0, 0.05) is 6.07 Å². The molecule has 0 N–H and O–H groups in total. The summed E-state index contributed by atoms with van der Waals surface area (Å²) in [6.07, 6.45) is 2.12. The number of benzene rings is 1. The molecule has 0 aliphatic heterocycles. The SMILES string of the molecule is CCC[C@H]1CC[C@H](COc2ccc(OC(F)(F)F)c(F)c2)CC1. The lowest BCUT2D eigenvalue weighted by atomic mass is 9.80. The van der Waals surface area contributed by atoms with Crippen molar-refractivity contribution in [2.24, 2.45) is 11.8 Å². The second-order valence-electron chi connectivity index (χ2n) is 6.13. The fraction of sp³-hybridized carbons (Fsp3) is 0.647. The van der Waals surface area contributed by atoms with E-state index in [-0.39, 0.29) is 5.75 Å². The fourth-order valence-corrected chi connectivity index (χ4v) is 3.09. The summed E-state index contributed by atoms with van der Waals surface area (Å²) < 4.78 is 58.9. The summed E-state index contributed by atoms with van der Waals surface area (Å²) in [5.41, 5.74) is 0. The standard InChI is InChI=1S/C17H22F4O2/c1-2-3-12-4-6-13(7-5-12)11-22-14-8-9-16(15(18)10-14)23-17(19,20)21/h8-10,12-13H,2-7,11H2,1H3/t12-,13-. The number of hydrogen-bond donors (Lipinski definition) is 0. The Hall–Kier alpha value is -1.46. The van der Waals surface area contributed by atoms with Crippen molar-refractivity contribution in [2.75, 3.05) is 6.61 Å². The van der Waals surface area contributed by atoms with Gasteiger partial charge < -0.3 is 9.47 Å². The number of rotatable bonds is 6. The van der Waals surface area contributed by atoms with Crippen molar-refractivity contribution in [3.8, 4) is 11.5 Å². The molecule has 1 aromatic carbocycles. The van der Waals surface area contributed by atoms with Crippen LogP contribution in [-0.2, 0) is 0 Å². The van der Waals surface area contributed by atoms with Gasteiger partial charge in [0.2, 0.25) is 0 Å². The van der Waals surface area contributed by atoms with Crippen LogP contribution in [0.4, 0.5) is 17.6 Å². The second-order valence-corrected chi connectivity index (χ2v) is 6.13. The minimum absolute atomic E-state index is 0.229. The fourth-order valence-electron chi connectivity index (χ4n) is 3.09. The Balaban J connectivity index is 1.81. The van der Waals surface area contributed by atoms with Crippen molar-refractivity contribution in [2.45, 2.75) is 51.8 Å². The van der Waals surface area contributed by atoms with E-state index < -0.39 is 17.9 Å². The molecule has 6 heteroatoms. The molecule has 130 valence electrons. The summed E-state index contributed by atoms with van der Waals surface area (Å²) in [6, 6.07) is 3.17. The summed E-state index contributed by atoms with van der Waals surface area (Å²) in [5.74, 6) is -0.464. The first-order chi connectivity index (χ1) is 10.9. The molecule has 1 saturated carbocycles. The molecule has 0 aromatic heterocycles. The molecule has 1 aliphatic rings. The van der Waals surface area contributed by atoms with Crippen LogP contribution in [0.2, 0.25) is 0 Å². The smallest absolute Gasteiger partial charge is 0.493 e. The lowest BCUT2D eigenvalue weighted by Gasteiger charge is -2.28. The van der Waals surface area contributed by atoms with Crippen molar-refractivity contribution in [1.29, 1.82) is 0 Å². The number of halogens is 4. The van der Waals surface area contributed by atoms with Crippen molar-refractivity contribution >= 4 is 0 Å². The quantitative estimate of drug-likeness (QED) is 0.620. The van der Waals surface area contributed by atoms with Crippen molar-refractivity contribution in [3.63, 3.8) is 0 Å². The molecule has 1 aromatic rings. The highest BCUT2D eigenvalue weighted by molar-refractivity contribution is 5.33. The molecular formula is C17H22F4O2. The minimum atomic E-state index is -4.90. The van der Waals surface area contributed by atoms with E-state index in [0.717, 1.165) is 30.9 Å². The molecule has 1 aliphatic carbocycles. The van der Waals surface area contributed by atoms with Crippen molar-refractivity contribution in [3.05, 3.63) is 24.0 Å². The molecule has 0 saturated heterocycles. The lowest BCUT2D eigenvalue weighted by Crippen LogP contribution is -2.20. The maximum atomic E-state index is 13.6. The van der Waals surface area contributed by atoms with Gasteiger partial charge in [-0.1, -0.05) is 32.6 Å². The predicted octanol–water partition coefficient (Wildman–Crippen LogP) is 5.71. The van der Waals surface area contributed by atoms with Crippen LogP contribution in [0.5, 0.6) is 11.5 Å². The molecule has 0 heterocycles. The minimum Gasteiger partial charge on any atom is -0.493 e.